The Hall–Kier alpha value is -5.85. The van der Waals surface area contributed by atoms with Crippen molar-refractivity contribution in [3.05, 3.63) is 41.0 Å². The van der Waals surface area contributed by atoms with Gasteiger partial charge < -0.3 is 75.1 Å². The summed E-state index contributed by atoms with van der Waals surface area (Å²) in [6.45, 7) is -0.948. The summed E-state index contributed by atoms with van der Waals surface area (Å²) in [7, 11) is 0. The number of hydrogen-bond donors (Lipinski definition) is 11. The molecule has 18 heteroatoms. The van der Waals surface area contributed by atoms with Crippen molar-refractivity contribution in [1.82, 2.24) is 0 Å². The smallest absolute Gasteiger partial charge is 0.340 e. The van der Waals surface area contributed by atoms with Gasteiger partial charge in [-0.1, -0.05) is 0 Å². The van der Waals surface area contributed by atoms with Crippen LogP contribution in [0.5, 0.6) is 51.7 Å². The van der Waals surface area contributed by atoms with E-state index in [1.54, 1.807) is 0 Å². The standard InChI is InChI=1S/C27H22O18/c28-9-1-6(2-10(29)16(9)32)24(39)45-27-22(38)21(37)23-13(43-27)5-42-25(40)7-3-11(30)17(33)19(35)14(7)15-8(26(41)44-23)4-12(31)18(34)20(15)36/h1-4,13,21-23,27-38H,5H2/t13?,21?,22-,23+,27-/m0/s1. The molecular weight excluding hydrogens is 612 g/mol. The summed E-state index contributed by atoms with van der Waals surface area (Å²) in [5, 5.41) is 112. The molecule has 0 aromatic heterocycles. The van der Waals surface area contributed by atoms with Crippen LogP contribution in [-0.4, -0.2) is 111 Å². The van der Waals surface area contributed by atoms with Gasteiger partial charge in [0.15, 0.2) is 46.4 Å². The molecule has 0 aliphatic carbocycles. The van der Waals surface area contributed by atoms with Gasteiger partial charge in [0, 0.05) is 11.1 Å². The van der Waals surface area contributed by atoms with Crippen LogP contribution in [0.2, 0.25) is 0 Å². The van der Waals surface area contributed by atoms with Crippen LogP contribution in [0.3, 0.4) is 0 Å². The predicted octanol–water partition coefficient (Wildman–Crippen LogP) is -0.297. The van der Waals surface area contributed by atoms with Crippen LogP contribution in [0.25, 0.3) is 11.1 Å². The average Bonchev–Trinajstić information content (AvgIpc) is 3.01. The Kier molecular flexibility index (Phi) is 7.49. The van der Waals surface area contributed by atoms with E-state index in [1.165, 1.54) is 0 Å². The highest BCUT2D eigenvalue weighted by atomic mass is 16.7. The van der Waals surface area contributed by atoms with E-state index in [0.717, 1.165) is 0 Å². The van der Waals surface area contributed by atoms with Crippen LogP contribution < -0.4 is 0 Å². The second kappa shape index (κ2) is 11.0. The molecule has 2 unspecified atom stereocenters. The first-order chi connectivity index (χ1) is 21.1. The number of aliphatic hydroxyl groups excluding tert-OH is 2. The zero-order valence-corrected chi connectivity index (χ0v) is 22.2. The molecule has 0 bridgehead atoms. The zero-order valence-electron chi connectivity index (χ0n) is 22.2. The third-order valence-electron chi connectivity index (χ3n) is 6.99. The molecule has 11 N–H and O–H groups in total. The number of ether oxygens (including phenoxy) is 4. The first-order valence-electron chi connectivity index (χ1n) is 12.5. The van der Waals surface area contributed by atoms with Crippen LogP contribution in [0.4, 0.5) is 0 Å². The molecule has 0 spiro atoms. The molecule has 3 aromatic rings. The summed E-state index contributed by atoms with van der Waals surface area (Å²) in [4.78, 5) is 39.3. The summed E-state index contributed by atoms with van der Waals surface area (Å²) in [5.74, 6) is -14.3. The highest BCUT2D eigenvalue weighted by Crippen LogP contribution is 2.53. The maximum Gasteiger partial charge on any atom is 0.340 e. The fourth-order valence-electron chi connectivity index (χ4n) is 4.72. The summed E-state index contributed by atoms with van der Waals surface area (Å²) < 4.78 is 20.9. The molecule has 45 heavy (non-hydrogen) atoms. The lowest BCUT2D eigenvalue weighted by atomic mass is 9.92. The highest BCUT2D eigenvalue weighted by molar-refractivity contribution is 6.08. The number of esters is 3. The Morgan fingerprint density at radius 3 is 1.69 bits per heavy atom. The van der Waals surface area contributed by atoms with Crippen molar-refractivity contribution in [2.24, 2.45) is 0 Å². The SMILES string of the molecule is O=C(O[C@@H]1OC2COC(=O)c3cc(O)c(O)c(O)c3-c3c(cc(O)c(O)c3O)C(=O)O[C@H]2C(O)[C@@H]1O)c1cc(O)c(O)c(O)c1. The second-order valence-electron chi connectivity index (χ2n) is 9.79. The topological polar surface area (TPSA) is 311 Å². The maximum absolute atomic E-state index is 13.4. The second-order valence-corrected chi connectivity index (χ2v) is 9.79. The Bertz CT molecular complexity index is 1730. The lowest BCUT2D eigenvalue weighted by Crippen LogP contribution is -2.61. The number of cyclic esters (lactones) is 1. The van der Waals surface area contributed by atoms with Crippen molar-refractivity contribution in [3.63, 3.8) is 0 Å². The molecule has 1 fully saturated rings. The fraction of sp³-hybridized carbons (Fsp3) is 0.222. The van der Waals surface area contributed by atoms with Crippen molar-refractivity contribution in [2.75, 3.05) is 6.61 Å². The largest absolute Gasteiger partial charge is 0.504 e. The van der Waals surface area contributed by atoms with Gasteiger partial charge in [0.2, 0.25) is 17.8 Å². The molecule has 2 heterocycles. The van der Waals surface area contributed by atoms with Crippen LogP contribution in [0.15, 0.2) is 24.3 Å². The first kappa shape index (κ1) is 30.6. The molecule has 5 atom stereocenters. The molecule has 2 aliphatic heterocycles. The van der Waals surface area contributed by atoms with Crippen LogP contribution in [0.1, 0.15) is 31.1 Å². The lowest BCUT2D eigenvalue weighted by molar-refractivity contribution is -0.284. The van der Waals surface area contributed by atoms with E-state index in [1.807, 2.05) is 0 Å². The number of fused-ring (bicyclic) bond motifs is 4. The van der Waals surface area contributed by atoms with Gasteiger partial charge in [0.1, 0.15) is 24.9 Å². The Morgan fingerprint density at radius 1 is 0.667 bits per heavy atom. The minimum absolute atomic E-state index is 0.539. The minimum atomic E-state index is -2.18. The fourth-order valence-corrected chi connectivity index (χ4v) is 4.72. The molecule has 0 amide bonds. The minimum Gasteiger partial charge on any atom is -0.504 e. The number of phenols is 9. The van der Waals surface area contributed by atoms with E-state index in [4.69, 9.17) is 18.9 Å². The number of benzene rings is 3. The number of phenolic OH excluding ortho intramolecular Hbond substituents is 9. The third-order valence-corrected chi connectivity index (χ3v) is 6.99. The van der Waals surface area contributed by atoms with Gasteiger partial charge in [0.25, 0.3) is 0 Å². The van der Waals surface area contributed by atoms with E-state index in [-0.39, 0.29) is 0 Å². The average molecular weight is 634 g/mol. The zero-order chi connectivity index (χ0) is 33.1. The molecule has 1 saturated heterocycles. The Balaban J connectivity index is 1.57. The molecular formula is C27H22O18. The van der Waals surface area contributed by atoms with E-state index in [9.17, 15) is 70.6 Å². The molecule has 18 nitrogen and oxygen atoms in total. The van der Waals surface area contributed by atoms with Crippen LogP contribution in [0, 0.1) is 0 Å². The van der Waals surface area contributed by atoms with Gasteiger partial charge in [-0.15, -0.1) is 0 Å². The van der Waals surface area contributed by atoms with E-state index in [0.29, 0.717) is 24.3 Å². The predicted molar refractivity (Wildman–Crippen MR) is 139 cm³/mol. The summed E-state index contributed by atoms with van der Waals surface area (Å²) in [6, 6.07) is 2.51. The van der Waals surface area contributed by atoms with Crippen LogP contribution in [-0.2, 0) is 18.9 Å². The third kappa shape index (κ3) is 5.07. The van der Waals surface area contributed by atoms with Gasteiger partial charge in [-0.2, -0.15) is 0 Å². The van der Waals surface area contributed by atoms with Crippen molar-refractivity contribution >= 4 is 17.9 Å². The number of carbonyl (C=O) groups is 3. The lowest BCUT2D eigenvalue weighted by Gasteiger charge is -2.41. The number of carbonyl (C=O) groups excluding carboxylic acids is 3. The Labute approximate surface area is 248 Å². The van der Waals surface area contributed by atoms with E-state index >= 15 is 0 Å². The first-order valence-corrected chi connectivity index (χ1v) is 12.5. The van der Waals surface area contributed by atoms with Crippen molar-refractivity contribution in [3.8, 4) is 62.9 Å². The quantitative estimate of drug-likeness (QED) is 0.0979. The summed E-state index contributed by atoms with van der Waals surface area (Å²) >= 11 is 0. The molecule has 2 aliphatic rings. The van der Waals surface area contributed by atoms with Crippen molar-refractivity contribution in [2.45, 2.75) is 30.7 Å². The van der Waals surface area contributed by atoms with Crippen molar-refractivity contribution in [1.29, 1.82) is 0 Å². The number of hydrogen-bond acceptors (Lipinski definition) is 18. The van der Waals surface area contributed by atoms with Gasteiger partial charge in [-0.05, 0) is 24.3 Å². The highest BCUT2D eigenvalue weighted by Gasteiger charge is 2.50. The Morgan fingerprint density at radius 2 is 1.16 bits per heavy atom. The number of rotatable bonds is 2. The van der Waals surface area contributed by atoms with Crippen LogP contribution >= 0.6 is 0 Å². The van der Waals surface area contributed by atoms with Gasteiger partial charge >= 0.3 is 17.9 Å². The molecule has 5 rings (SSSR count). The van der Waals surface area contributed by atoms with E-state index < -0.39 is 135 Å². The van der Waals surface area contributed by atoms with Gasteiger partial charge in [-0.25, -0.2) is 14.4 Å². The monoisotopic (exact) mass is 634 g/mol. The van der Waals surface area contributed by atoms with Gasteiger partial charge in [0.05, 0.1) is 16.7 Å². The normalized spacial score (nSPS) is 22.9. The summed E-state index contributed by atoms with van der Waals surface area (Å²) in [5.41, 5.74) is -3.99. The molecule has 3 aromatic carbocycles. The number of aliphatic hydroxyl groups is 2. The van der Waals surface area contributed by atoms with Gasteiger partial charge in [-0.3, -0.25) is 0 Å². The molecule has 0 saturated carbocycles. The molecule has 0 radical (unpaired) electrons. The van der Waals surface area contributed by atoms with Crippen molar-refractivity contribution < 1.29 is 89.5 Å². The number of aromatic hydroxyl groups is 9. The molecule has 238 valence electrons. The maximum atomic E-state index is 13.4. The summed E-state index contributed by atoms with van der Waals surface area (Å²) in [6.07, 6.45) is -10.1. The van der Waals surface area contributed by atoms with E-state index in [2.05, 4.69) is 0 Å².